The third-order valence-electron chi connectivity index (χ3n) is 2.51. The Morgan fingerprint density at radius 3 is 2.46 bits per heavy atom. The van der Waals surface area contributed by atoms with Crippen molar-refractivity contribution in [2.75, 3.05) is 12.3 Å². The number of benzene rings is 1. The van der Waals surface area contributed by atoms with Crippen LogP contribution in [-0.4, -0.2) is 12.3 Å². The summed E-state index contributed by atoms with van der Waals surface area (Å²) in [5.41, 5.74) is 1.68. The largest absolute Gasteiger partial charge is 0.304 e. The predicted molar refractivity (Wildman–Crippen MR) is 58.2 cm³/mol. The summed E-state index contributed by atoms with van der Waals surface area (Å²) in [7, 11) is 0. The predicted octanol–water partition coefficient (Wildman–Crippen LogP) is 2.62. The minimum Gasteiger partial charge on any atom is -0.304 e. The molecule has 2 rings (SSSR count). The Kier molecular flexibility index (Phi) is 2.35. The molecule has 1 heterocycles. The molecule has 1 aliphatic rings. The second-order valence-corrected chi connectivity index (χ2v) is 4.98. The standard InChI is InChI=1S/C11H15NS/c1-3-13-10-6-4-9(5-7-10)11(2)8-12-11/h4-7,12H,3,8H2,1-2H3. The lowest BCUT2D eigenvalue weighted by atomic mass is 10.0. The van der Waals surface area contributed by atoms with E-state index in [0.29, 0.717) is 0 Å². The Balaban J connectivity index is 2.14. The van der Waals surface area contributed by atoms with Gasteiger partial charge < -0.3 is 5.32 Å². The highest BCUT2D eigenvalue weighted by atomic mass is 32.2. The van der Waals surface area contributed by atoms with E-state index < -0.39 is 0 Å². The molecule has 0 aliphatic carbocycles. The summed E-state index contributed by atoms with van der Waals surface area (Å²) in [6.07, 6.45) is 0. The van der Waals surface area contributed by atoms with Crippen LogP contribution >= 0.6 is 11.8 Å². The zero-order chi connectivity index (χ0) is 9.31. The third kappa shape index (κ3) is 1.89. The van der Waals surface area contributed by atoms with Gasteiger partial charge in [-0.15, -0.1) is 11.8 Å². The van der Waals surface area contributed by atoms with Gasteiger partial charge in [-0.2, -0.15) is 0 Å². The van der Waals surface area contributed by atoms with Crippen LogP contribution in [0, 0.1) is 0 Å². The van der Waals surface area contributed by atoms with Crippen molar-refractivity contribution < 1.29 is 0 Å². The molecule has 0 aromatic heterocycles. The topological polar surface area (TPSA) is 21.9 Å². The van der Waals surface area contributed by atoms with Crippen molar-refractivity contribution in [2.45, 2.75) is 24.3 Å². The van der Waals surface area contributed by atoms with Crippen molar-refractivity contribution in [3.8, 4) is 0 Å². The summed E-state index contributed by atoms with van der Waals surface area (Å²) in [5.74, 6) is 1.15. The number of rotatable bonds is 3. The van der Waals surface area contributed by atoms with Crippen molar-refractivity contribution in [3.63, 3.8) is 0 Å². The van der Waals surface area contributed by atoms with Crippen molar-refractivity contribution >= 4 is 11.8 Å². The van der Waals surface area contributed by atoms with Crippen molar-refractivity contribution in [2.24, 2.45) is 0 Å². The Morgan fingerprint density at radius 2 is 2.00 bits per heavy atom. The van der Waals surface area contributed by atoms with Gasteiger partial charge in [0, 0.05) is 11.4 Å². The minimum atomic E-state index is 0.273. The van der Waals surface area contributed by atoms with Gasteiger partial charge in [0.25, 0.3) is 0 Å². The van der Waals surface area contributed by atoms with Crippen LogP contribution in [0.1, 0.15) is 19.4 Å². The van der Waals surface area contributed by atoms with E-state index in [1.807, 2.05) is 11.8 Å². The summed E-state index contributed by atoms with van der Waals surface area (Å²) in [6.45, 7) is 5.55. The molecule has 0 radical (unpaired) electrons. The van der Waals surface area contributed by atoms with Crippen LogP contribution in [0.4, 0.5) is 0 Å². The lowest BCUT2D eigenvalue weighted by molar-refractivity contribution is 0.763. The first-order chi connectivity index (χ1) is 6.24. The molecule has 1 atom stereocenters. The van der Waals surface area contributed by atoms with Gasteiger partial charge in [-0.1, -0.05) is 19.1 Å². The highest BCUT2D eigenvalue weighted by molar-refractivity contribution is 7.99. The fourth-order valence-corrected chi connectivity index (χ4v) is 2.08. The van der Waals surface area contributed by atoms with Gasteiger partial charge in [-0.3, -0.25) is 0 Å². The fraction of sp³-hybridized carbons (Fsp3) is 0.455. The quantitative estimate of drug-likeness (QED) is 0.589. The van der Waals surface area contributed by atoms with Crippen LogP contribution in [0.2, 0.25) is 0 Å². The Hall–Kier alpha value is -0.470. The maximum atomic E-state index is 3.37. The van der Waals surface area contributed by atoms with Crippen LogP contribution in [0.5, 0.6) is 0 Å². The van der Waals surface area contributed by atoms with Crippen LogP contribution in [0.25, 0.3) is 0 Å². The van der Waals surface area contributed by atoms with E-state index in [-0.39, 0.29) is 5.54 Å². The van der Waals surface area contributed by atoms with Gasteiger partial charge in [0.2, 0.25) is 0 Å². The number of hydrogen-bond acceptors (Lipinski definition) is 2. The van der Waals surface area contributed by atoms with E-state index >= 15 is 0 Å². The Bertz CT molecular complexity index is 287. The van der Waals surface area contributed by atoms with Crippen LogP contribution in [-0.2, 0) is 5.54 Å². The number of hydrogen-bond donors (Lipinski definition) is 1. The monoisotopic (exact) mass is 193 g/mol. The number of nitrogens with one attached hydrogen (secondary N) is 1. The normalized spacial score (nSPS) is 26.0. The first-order valence-corrected chi connectivity index (χ1v) is 5.71. The minimum absolute atomic E-state index is 0.273. The zero-order valence-corrected chi connectivity index (χ0v) is 8.95. The molecule has 13 heavy (non-hydrogen) atoms. The second kappa shape index (κ2) is 3.35. The average molecular weight is 193 g/mol. The molecule has 1 aromatic carbocycles. The first kappa shape index (κ1) is 9.10. The molecule has 1 nitrogen and oxygen atoms in total. The summed E-state index contributed by atoms with van der Waals surface area (Å²) >= 11 is 1.89. The Labute approximate surface area is 83.9 Å². The molecule has 1 fully saturated rings. The molecule has 0 bridgehead atoms. The van der Waals surface area contributed by atoms with E-state index in [1.165, 1.54) is 10.5 Å². The van der Waals surface area contributed by atoms with Gasteiger partial charge in [-0.05, 0) is 30.4 Å². The van der Waals surface area contributed by atoms with E-state index in [0.717, 1.165) is 12.3 Å². The molecule has 70 valence electrons. The van der Waals surface area contributed by atoms with Gasteiger partial charge in [0.15, 0.2) is 0 Å². The second-order valence-electron chi connectivity index (χ2n) is 3.64. The molecule has 1 aromatic rings. The molecule has 2 heteroatoms. The van der Waals surface area contributed by atoms with E-state index in [9.17, 15) is 0 Å². The van der Waals surface area contributed by atoms with E-state index in [1.54, 1.807) is 0 Å². The summed E-state index contributed by atoms with van der Waals surface area (Å²) in [6, 6.07) is 8.90. The van der Waals surface area contributed by atoms with Crippen molar-refractivity contribution in [1.29, 1.82) is 0 Å². The molecule has 0 saturated carbocycles. The zero-order valence-electron chi connectivity index (χ0n) is 8.13. The van der Waals surface area contributed by atoms with Crippen LogP contribution < -0.4 is 5.32 Å². The maximum absolute atomic E-state index is 3.37. The highest BCUT2D eigenvalue weighted by Crippen LogP contribution is 2.30. The average Bonchev–Trinajstić information content (AvgIpc) is 2.87. The smallest absolute Gasteiger partial charge is 0.0533 e. The fourth-order valence-electron chi connectivity index (χ4n) is 1.42. The summed E-state index contributed by atoms with van der Waals surface area (Å²) < 4.78 is 0. The van der Waals surface area contributed by atoms with Crippen LogP contribution in [0.3, 0.4) is 0 Å². The van der Waals surface area contributed by atoms with Gasteiger partial charge >= 0.3 is 0 Å². The SMILES string of the molecule is CCSc1ccc(C2(C)CN2)cc1. The van der Waals surface area contributed by atoms with Crippen LogP contribution in [0.15, 0.2) is 29.2 Å². The summed E-state index contributed by atoms with van der Waals surface area (Å²) in [5, 5.41) is 3.37. The molecule has 0 amide bonds. The van der Waals surface area contributed by atoms with Gasteiger partial charge in [-0.25, -0.2) is 0 Å². The molecule has 1 saturated heterocycles. The summed E-state index contributed by atoms with van der Waals surface area (Å²) in [4.78, 5) is 1.37. The van der Waals surface area contributed by atoms with E-state index in [4.69, 9.17) is 0 Å². The molecule has 1 aliphatic heterocycles. The Morgan fingerprint density at radius 1 is 1.38 bits per heavy atom. The lowest BCUT2D eigenvalue weighted by Crippen LogP contribution is -2.05. The molecule has 0 spiro atoms. The third-order valence-corrected chi connectivity index (χ3v) is 3.40. The first-order valence-electron chi connectivity index (χ1n) is 4.73. The van der Waals surface area contributed by atoms with Gasteiger partial charge in [0.05, 0.1) is 5.54 Å². The molecule has 1 N–H and O–H groups in total. The van der Waals surface area contributed by atoms with Crippen molar-refractivity contribution in [3.05, 3.63) is 29.8 Å². The number of thioether (sulfide) groups is 1. The molecular weight excluding hydrogens is 178 g/mol. The molecular formula is C11H15NS. The van der Waals surface area contributed by atoms with Crippen molar-refractivity contribution in [1.82, 2.24) is 5.32 Å². The van der Waals surface area contributed by atoms with E-state index in [2.05, 4.69) is 43.4 Å². The highest BCUT2D eigenvalue weighted by Gasteiger charge is 2.37. The van der Waals surface area contributed by atoms with Gasteiger partial charge in [0.1, 0.15) is 0 Å². The molecule has 1 unspecified atom stereocenters. The lowest BCUT2D eigenvalue weighted by Gasteiger charge is -2.07. The maximum Gasteiger partial charge on any atom is 0.0533 e.